The Bertz CT molecular complexity index is 1330. The Hall–Kier alpha value is -4.46. The van der Waals surface area contributed by atoms with Gasteiger partial charge in [0.1, 0.15) is 12.3 Å². The first kappa shape index (κ1) is 23.0. The molecule has 0 radical (unpaired) electrons. The second kappa shape index (κ2) is 8.89. The van der Waals surface area contributed by atoms with Crippen LogP contribution in [0.2, 0.25) is 0 Å². The number of ether oxygens (including phenoxy) is 2. The Balaban J connectivity index is 1.17. The third-order valence-electron chi connectivity index (χ3n) is 7.54. The Kier molecular flexibility index (Phi) is 5.52. The van der Waals surface area contributed by atoms with Gasteiger partial charge in [0.15, 0.2) is 6.61 Å². The van der Waals surface area contributed by atoms with Crippen LogP contribution in [-0.4, -0.2) is 48.9 Å². The molecule has 37 heavy (non-hydrogen) atoms. The summed E-state index contributed by atoms with van der Waals surface area (Å²) in [5, 5.41) is 2.62. The number of amides is 3. The average Bonchev–Trinajstić information content (AvgIpc) is 3.17. The molecule has 3 aromatic carbocycles. The van der Waals surface area contributed by atoms with Crippen LogP contribution in [0.1, 0.15) is 34.1 Å². The number of nitrogens with one attached hydrogen (secondary N) is 1. The van der Waals surface area contributed by atoms with Crippen LogP contribution in [0.15, 0.2) is 72.8 Å². The number of rotatable bonds is 6. The van der Waals surface area contributed by atoms with Crippen LogP contribution < -0.4 is 10.1 Å². The number of benzene rings is 3. The van der Waals surface area contributed by atoms with Gasteiger partial charge in [-0.15, -0.1) is 0 Å². The van der Waals surface area contributed by atoms with Crippen LogP contribution in [0, 0.1) is 11.8 Å². The van der Waals surface area contributed by atoms with Crippen LogP contribution in [0.5, 0.6) is 5.75 Å². The number of likely N-dealkylation sites (tertiary alicyclic amines) is 1. The summed E-state index contributed by atoms with van der Waals surface area (Å²) in [7, 11) is 1.52. The predicted octanol–water partition coefficient (Wildman–Crippen LogP) is 3.07. The van der Waals surface area contributed by atoms with Crippen molar-refractivity contribution >= 4 is 29.4 Å². The van der Waals surface area contributed by atoms with Gasteiger partial charge in [-0.05, 0) is 34.4 Å². The Morgan fingerprint density at radius 1 is 0.811 bits per heavy atom. The van der Waals surface area contributed by atoms with Crippen molar-refractivity contribution in [2.75, 3.05) is 25.6 Å². The lowest BCUT2D eigenvalue weighted by Crippen LogP contribution is -2.41. The fourth-order valence-electron chi connectivity index (χ4n) is 6.11. The fourth-order valence-corrected chi connectivity index (χ4v) is 6.11. The van der Waals surface area contributed by atoms with E-state index >= 15 is 0 Å². The minimum absolute atomic E-state index is 0.242. The normalized spacial score (nSPS) is 22.7. The molecule has 1 fully saturated rings. The lowest BCUT2D eigenvalue weighted by molar-refractivity contribution is -0.154. The van der Waals surface area contributed by atoms with E-state index in [1.807, 2.05) is 48.5 Å². The number of hydrogen-bond acceptors (Lipinski definition) is 6. The molecule has 1 heterocycles. The summed E-state index contributed by atoms with van der Waals surface area (Å²) >= 11 is 0. The summed E-state index contributed by atoms with van der Waals surface area (Å²) in [6.07, 6.45) is 0. The zero-order valence-corrected chi connectivity index (χ0v) is 20.0. The highest BCUT2D eigenvalue weighted by Gasteiger charge is 2.61. The summed E-state index contributed by atoms with van der Waals surface area (Å²) in [6.45, 7) is -1.06. The molecule has 3 amide bonds. The molecule has 8 nitrogen and oxygen atoms in total. The smallest absolute Gasteiger partial charge is 0.326 e. The monoisotopic (exact) mass is 496 g/mol. The van der Waals surface area contributed by atoms with E-state index in [1.165, 1.54) is 7.11 Å². The van der Waals surface area contributed by atoms with E-state index < -0.39 is 36.9 Å². The molecule has 0 spiro atoms. The zero-order chi connectivity index (χ0) is 25.7. The third-order valence-corrected chi connectivity index (χ3v) is 7.54. The first-order valence-electron chi connectivity index (χ1n) is 12.1. The highest BCUT2D eigenvalue weighted by Crippen LogP contribution is 2.60. The Morgan fingerprint density at radius 3 is 1.86 bits per heavy atom. The van der Waals surface area contributed by atoms with Crippen LogP contribution in [0.25, 0.3) is 0 Å². The summed E-state index contributed by atoms with van der Waals surface area (Å²) in [5.74, 6) is -3.14. The molecule has 8 heteroatoms. The van der Waals surface area contributed by atoms with Crippen molar-refractivity contribution in [2.45, 2.75) is 11.8 Å². The maximum absolute atomic E-state index is 13.5. The second-order valence-corrected chi connectivity index (χ2v) is 9.47. The van der Waals surface area contributed by atoms with Gasteiger partial charge >= 0.3 is 5.97 Å². The number of hydrogen-bond donors (Lipinski definition) is 1. The van der Waals surface area contributed by atoms with Crippen LogP contribution in [0.4, 0.5) is 5.69 Å². The van der Waals surface area contributed by atoms with Crippen LogP contribution in [0.3, 0.4) is 0 Å². The van der Waals surface area contributed by atoms with Crippen molar-refractivity contribution in [2.24, 2.45) is 11.8 Å². The number of nitrogens with zero attached hydrogens (tertiary/aromatic N) is 1. The van der Waals surface area contributed by atoms with E-state index in [1.54, 1.807) is 24.3 Å². The summed E-state index contributed by atoms with van der Waals surface area (Å²) in [6, 6.07) is 22.6. The van der Waals surface area contributed by atoms with Crippen molar-refractivity contribution in [3.05, 3.63) is 95.1 Å². The van der Waals surface area contributed by atoms with Gasteiger partial charge in [-0.25, -0.2) is 0 Å². The maximum atomic E-state index is 13.5. The summed E-state index contributed by atoms with van der Waals surface area (Å²) < 4.78 is 10.2. The molecule has 0 aromatic heterocycles. The molecular formula is C29H24N2O6. The van der Waals surface area contributed by atoms with E-state index in [2.05, 4.69) is 5.32 Å². The molecule has 1 aliphatic heterocycles. The topological polar surface area (TPSA) is 102 Å². The summed E-state index contributed by atoms with van der Waals surface area (Å²) in [5.41, 5.74) is 4.74. The molecule has 3 aliphatic carbocycles. The van der Waals surface area contributed by atoms with Crippen molar-refractivity contribution in [3.8, 4) is 5.75 Å². The first-order valence-corrected chi connectivity index (χ1v) is 12.1. The number of anilines is 1. The van der Waals surface area contributed by atoms with Gasteiger partial charge in [0.2, 0.25) is 11.8 Å². The predicted molar refractivity (Wildman–Crippen MR) is 133 cm³/mol. The van der Waals surface area contributed by atoms with Crippen LogP contribution >= 0.6 is 0 Å². The number of carbonyl (C=O) groups is 4. The zero-order valence-electron chi connectivity index (χ0n) is 20.0. The first-order chi connectivity index (χ1) is 18.0. The standard InChI is InChI=1S/C29H24N2O6/c1-36-17-8-6-7-16(13-17)30-22(32)15-37-23(33)14-31-28(34)26-24-18-9-2-3-10-19(18)25(27(26)29(31)35)21-12-5-4-11-20(21)24/h2-13,24-27H,14-15H2,1H3,(H,30,32)/t24?,25?,26-,27-/m0/s1. The van der Waals surface area contributed by atoms with Gasteiger partial charge < -0.3 is 14.8 Å². The molecule has 1 saturated heterocycles. The highest BCUT2D eigenvalue weighted by atomic mass is 16.5. The molecule has 1 N–H and O–H groups in total. The molecule has 4 aliphatic rings. The average molecular weight is 497 g/mol. The molecule has 7 rings (SSSR count). The fraction of sp³-hybridized carbons (Fsp3) is 0.241. The minimum Gasteiger partial charge on any atom is -0.497 e. The Morgan fingerprint density at radius 2 is 1.35 bits per heavy atom. The van der Waals surface area contributed by atoms with Gasteiger partial charge in [-0.1, -0.05) is 54.6 Å². The van der Waals surface area contributed by atoms with Gasteiger partial charge in [-0.2, -0.15) is 0 Å². The molecule has 2 atom stereocenters. The van der Waals surface area contributed by atoms with E-state index in [9.17, 15) is 19.2 Å². The lowest BCUT2D eigenvalue weighted by atomic mass is 9.55. The van der Waals surface area contributed by atoms with Gasteiger partial charge in [0.05, 0.1) is 18.9 Å². The van der Waals surface area contributed by atoms with Gasteiger partial charge in [-0.3, -0.25) is 24.1 Å². The number of imide groups is 1. The van der Waals surface area contributed by atoms with E-state index in [0.717, 1.165) is 27.2 Å². The number of methoxy groups -OCH3 is 1. The van der Waals surface area contributed by atoms with Gasteiger partial charge in [0.25, 0.3) is 5.91 Å². The lowest BCUT2D eigenvalue weighted by Gasteiger charge is -2.45. The van der Waals surface area contributed by atoms with E-state index in [-0.39, 0.29) is 23.7 Å². The quantitative estimate of drug-likeness (QED) is 0.416. The maximum Gasteiger partial charge on any atom is 0.326 e. The highest BCUT2D eigenvalue weighted by molar-refractivity contribution is 6.09. The number of carbonyl (C=O) groups excluding carboxylic acids is 4. The molecule has 0 unspecified atom stereocenters. The van der Waals surface area contributed by atoms with Crippen molar-refractivity contribution in [1.82, 2.24) is 4.90 Å². The number of esters is 1. The van der Waals surface area contributed by atoms with Gasteiger partial charge in [0, 0.05) is 23.6 Å². The van der Waals surface area contributed by atoms with Crippen molar-refractivity contribution in [1.29, 1.82) is 0 Å². The molecule has 3 aromatic rings. The molecular weight excluding hydrogens is 472 g/mol. The van der Waals surface area contributed by atoms with Crippen molar-refractivity contribution < 1.29 is 28.7 Å². The minimum atomic E-state index is -0.816. The van der Waals surface area contributed by atoms with E-state index in [4.69, 9.17) is 9.47 Å². The van der Waals surface area contributed by atoms with E-state index in [0.29, 0.717) is 11.4 Å². The molecule has 0 saturated carbocycles. The molecule has 186 valence electrons. The largest absolute Gasteiger partial charge is 0.497 e. The molecule has 2 bridgehead atoms. The SMILES string of the molecule is COc1cccc(NC(=O)COC(=O)CN2C(=O)[C@H]3C4c5ccccc5C(c5ccccc54)[C@@H]3C2=O)c1. The second-order valence-electron chi connectivity index (χ2n) is 9.47. The van der Waals surface area contributed by atoms with Crippen LogP contribution in [-0.2, 0) is 23.9 Å². The van der Waals surface area contributed by atoms with Crippen molar-refractivity contribution in [3.63, 3.8) is 0 Å². The third kappa shape index (κ3) is 3.67. The summed E-state index contributed by atoms with van der Waals surface area (Å²) in [4.78, 5) is 52.9. The Labute approximate surface area is 213 Å².